The maximum absolute atomic E-state index is 13.1. The van der Waals surface area contributed by atoms with Crippen LogP contribution in [0.1, 0.15) is 72.1 Å². The first-order valence-corrected chi connectivity index (χ1v) is 13.3. The molecule has 7 nitrogen and oxygen atoms in total. The molecule has 184 valence electrons. The van der Waals surface area contributed by atoms with Gasteiger partial charge >= 0.3 is 0 Å². The smallest absolute Gasteiger partial charge is 0.237 e. The average Bonchev–Trinajstić information content (AvgIpc) is 2.89. The fourth-order valence-corrected chi connectivity index (χ4v) is 4.64. The summed E-state index contributed by atoms with van der Waals surface area (Å²) in [5.41, 5.74) is -0.876. The molecule has 1 rings (SSSR count). The molecule has 1 amide bonds. The van der Waals surface area contributed by atoms with Crippen molar-refractivity contribution >= 4 is 29.3 Å². The molecule has 31 heavy (non-hydrogen) atoms. The van der Waals surface area contributed by atoms with E-state index in [0.717, 1.165) is 25.8 Å². The molecule has 9 heteroatoms. The van der Waals surface area contributed by atoms with E-state index in [1.54, 1.807) is 13.2 Å². The lowest BCUT2D eigenvalue weighted by molar-refractivity contribution is -0.240. The molecule has 1 aliphatic rings. The van der Waals surface area contributed by atoms with Gasteiger partial charge in [0.1, 0.15) is 0 Å². The van der Waals surface area contributed by atoms with Crippen molar-refractivity contribution in [3.05, 3.63) is 0 Å². The van der Waals surface area contributed by atoms with Crippen LogP contribution in [0, 0.1) is 5.92 Å². The van der Waals surface area contributed by atoms with E-state index in [1.807, 2.05) is 7.05 Å². The number of likely N-dealkylation sites (N-methyl/N-ethyl adjacent to an activating group) is 1. The second-order valence-corrected chi connectivity index (χ2v) is 10.1. The third-order valence-corrected chi connectivity index (χ3v) is 6.78. The second-order valence-electron chi connectivity index (χ2n) is 8.58. The fourth-order valence-electron chi connectivity index (χ4n) is 3.96. The van der Waals surface area contributed by atoms with Crippen molar-refractivity contribution < 1.29 is 24.5 Å². The van der Waals surface area contributed by atoms with E-state index in [1.165, 1.54) is 50.8 Å². The number of carbonyl (C=O) groups excluding carboxylic acids is 1. The number of amides is 1. The second kappa shape index (κ2) is 15.7. The molecule has 0 radical (unpaired) electrons. The molecule has 4 unspecified atom stereocenters. The molecule has 1 saturated heterocycles. The van der Waals surface area contributed by atoms with Gasteiger partial charge in [-0.25, -0.2) is 0 Å². The predicted octanol–water partition coefficient (Wildman–Crippen LogP) is 3.51. The largest absolute Gasteiger partial charge is 0.368 e. The summed E-state index contributed by atoms with van der Waals surface area (Å²) in [5.74, 6) is 0.514. The molecule has 0 aliphatic carbocycles. The van der Waals surface area contributed by atoms with Crippen LogP contribution in [0.25, 0.3) is 0 Å². The Bertz CT molecular complexity index is 501. The highest BCUT2D eigenvalue weighted by Crippen LogP contribution is 2.26. The van der Waals surface area contributed by atoms with Crippen molar-refractivity contribution in [2.45, 2.75) is 108 Å². The summed E-state index contributed by atoms with van der Waals surface area (Å²) < 4.78 is 10.7. The molecule has 0 aromatic rings. The minimum Gasteiger partial charge on any atom is -0.368 e. The number of nitrogens with zero attached hydrogens (tertiary/aromatic N) is 1. The van der Waals surface area contributed by atoms with Crippen LogP contribution in [-0.4, -0.2) is 76.5 Å². The van der Waals surface area contributed by atoms with Gasteiger partial charge in [-0.1, -0.05) is 39.0 Å². The Labute approximate surface area is 197 Å². The first kappa shape index (κ1) is 28.9. The van der Waals surface area contributed by atoms with E-state index in [0.29, 0.717) is 5.92 Å². The number of aliphatic hydroxyl groups is 2. The van der Waals surface area contributed by atoms with Crippen LogP contribution in [0.4, 0.5) is 0 Å². The van der Waals surface area contributed by atoms with Gasteiger partial charge in [-0.2, -0.15) is 0 Å². The molecule has 0 aromatic carbocycles. The van der Waals surface area contributed by atoms with Crippen molar-refractivity contribution in [1.82, 2.24) is 10.2 Å². The molecule has 1 heterocycles. The minimum absolute atomic E-state index is 0.147. The van der Waals surface area contributed by atoms with E-state index >= 15 is 0 Å². The number of unbranched alkanes of at least 4 members (excludes halogenated alkanes) is 3. The summed E-state index contributed by atoms with van der Waals surface area (Å²) in [5, 5.41) is 22.3. The summed E-state index contributed by atoms with van der Waals surface area (Å²) in [7, 11) is 1.98. The summed E-state index contributed by atoms with van der Waals surface area (Å²) in [6.07, 6.45) is 8.58. The molecule has 1 aliphatic heterocycles. The van der Waals surface area contributed by atoms with Crippen LogP contribution in [-0.2, 0) is 14.3 Å². The van der Waals surface area contributed by atoms with Crippen LogP contribution >= 0.6 is 23.4 Å². The lowest BCUT2D eigenvalue weighted by atomic mass is 9.93. The van der Waals surface area contributed by atoms with Crippen LogP contribution in [0.15, 0.2) is 0 Å². The highest BCUT2D eigenvalue weighted by molar-refractivity contribution is 7.98. The zero-order valence-corrected chi connectivity index (χ0v) is 21.3. The Kier molecular flexibility index (Phi) is 14.7. The molecule has 7 atom stereocenters. The van der Waals surface area contributed by atoms with E-state index < -0.39 is 29.6 Å². The van der Waals surface area contributed by atoms with Gasteiger partial charge in [0.2, 0.25) is 11.5 Å². The Morgan fingerprint density at radius 2 is 1.90 bits per heavy atom. The number of likely N-dealkylation sites (tertiary alicyclic amines) is 1. The van der Waals surface area contributed by atoms with Gasteiger partial charge in [0, 0.05) is 0 Å². The van der Waals surface area contributed by atoms with E-state index in [9.17, 15) is 15.0 Å². The first-order valence-electron chi connectivity index (χ1n) is 11.5. The number of rotatable bonds is 14. The van der Waals surface area contributed by atoms with Crippen molar-refractivity contribution in [3.63, 3.8) is 0 Å². The number of ether oxygens (including phenoxy) is 2. The summed E-state index contributed by atoms with van der Waals surface area (Å²) >= 11 is 7.45. The first-order chi connectivity index (χ1) is 14.7. The van der Waals surface area contributed by atoms with Crippen molar-refractivity contribution in [3.8, 4) is 0 Å². The summed E-state index contributed by atoms with van der Waals surface area (Å²) in [4.78, 5) is 15.2. The Hall–Kier alpha value is -0.0900. The number of hydrogen-bond acceptors (Lipinski definition) is 7. The topological polar surface area (TPSA) is 91.3 Å². The molecular formula is C22H43ClN2O5S. The van der Waals surface area contributed by atoms with Gasteiger partial charge in [-0.15, -0.1) is 23.4 Å². The third kappa shape index (κ3) is 11.1. The number of halogens is 1. The molecule has 1 fully saturated rings. The Morgan fingerprint density at radius 1 is 1.19 bits per heavy atom. The highest BCUT2D eigenvalue weighted by Gasteiger charge is 2.34. The van der Waals surface area contributed by atoms with Gasteiger partial charge in [-0.3, -0.25) is 9.69 Å². The Morgan fingerprint density at radius 3 is 2.48 bits per heavy atom. The average molecular weight is 483 g/mol. The quantitative estimate of drug-likeness (QED) is 0.198. The fraction of sp³-hybridized carbons (Fsp3) is 0.955. The van der Waals surface area contributed by atoms with Gasteiger partial charge in [0.25, 0.3) is 0 Å². The van der Waals surface area contributed by atoms with Crippen molar-refractivity contribution in [1.29, 1.82) is 0 Å². The normalized spacial score (nSPS) is 25.3. The van der Waals surface area contributed by atoms with Gasteiger partial charge in [-0.05, 0) is 58.9 Å². The maximum atomic E-state index is 13.1. The monoisotopic (exact) mass is 482 g/mol. The number of aliphatic hydroxyl groups excluding tert-OH is 2. The Balaban J connectivity index is 2.65. The molecule has 0 saturated carbocycles. The molecule has 0 bridgehead atoms. The zero-order chi connectivity index (χ0) is 23.4. The van der Waals surface area contributed by atoms with Crippen LogP contribution < -0.4 is 5.32 Å². The van der Waals surface area contributed by atoms with Crippen molar-refractivity contribution in [2.24, 2.45) is 5.92 Å². The number of thioether (sulfide) groups is 1. The number of nitrogens with one attached hydrogen (secondary N) is 1. The summed E-state index contributed by atoms with van der Waals surface area (Å²) in [6, 6.07) is -1.06. The standard InChI is InChI=1S/C22H43ClN2O5S/c1-6-7-8-9-10-17-11-12-18(25(4)14-13-17)20(27)24-19(15(2)23)21(28)30-22(31-5)29-16(3)26/h15-19,21-22,26,28H,6-14H2,1-5H3,(H,24,27)/t15?,16-,17+,18?,19?,21-,22?/m1/s1. The predicted molar refractivity (Wildman–Crippen MR) is 127 cm³/mol. The number of carbonyl (C=O) groups is 1. The van der Waals surface area contributed by atoms with Gasteiger partial charge in [0.15, 0.2) is 12.6 Å². The SMILES string of the molecule is CCCCCC[C@H]1CCC(C(=O)NC(C(C)Cl)[C@H](O)OC(O[C@H](C)O)SC)N(C)CC1. The van der Waals surface area contributed by atoms with Gasteiger partial charge in [0.05, 0.1) is 17.5 Å². The van der Waals surface area contributed by atoms with E-state index in [-0.39, 0.29) is 11.9 Å². The molecule has 0 spiro atoms. The zero-order valence-electron chi connectivity index (χ0n) is 19.8. The van der Waals surface area contributed by atoms with Crippen molar-refractivity contribution in [2.75, 3.05) is 19.8 Å². The minimum atomic E-state index is -1.37. The van der Waals surface area contributed by atoms with Crippen LogP contribution in [0.5, 0.6) is 0 Å². The van der Waals surface area contributed by atoms with Crippen LogP contribution in [0.3, 0.4) is 0 Å². The lowest BCUT2D eigenvalue weighted by Gasteiger charge is -2.32. The number of hydrogen-bond donors (Lipinski definition) is 3. The van der Waals surface area contributed by atoms with Gasteiger partial charge < -0.3 is 25.0 Å². The number of alkyl halides is 1. The third-order valence-electron chi connectivity index (χ3n) is 5.90. The van der Waals surface area contributed by atoms with E-state index in [4.69, 9.17) is 21.1 Å². The maximum Gasteiger partial charge on any atom is 0.237 e. The molecular weight excluding hydrogens is 440 g/mol. The highest BCUT2D eigenvalue weighted by atomic mass is 35.5. The molecule has 3 N–H and O–H groups in total. The van der Waals surface area contributed by atoms with E-state index in [2.05, 4.69) is 17.1 Å². The summed E-state index contributed by atoms with van der Waals surface area (Å²) in [6.45, 7) is 6.27. The van der Waals surface area contributed by atoms with Crippen LogP contribution in [0.2, 0.25) is 0 Å². The lowest BCUT2D eigenvalue weighted by Crippen LogP contribution is -2.55. The molecule has 0 aromatic heterocycles.